The monoisotopic (exact) mass is 437 g/mol. The summed E-state index contributed by atoms with van der Waals surface area (Å²) < 4.78 is 7.29. The van der Waals surface area contributed by atoms with E-state index in [0.717, 1.165) is 22.6 Å². The number of aryl methyl sites for hydroxylation is 1. The van der Waals surface area contributed by atoms with Gasteiger partial charge in [-0.1, -0.05) is 11.8 Å². The molecule has 2 aliphatic heterocycles. The van der Waals surface area contributed by atoms with E-state index >= 15 is 0 Å². The molecule has 2 aromatic rings. The molecule has 2 aliphatic rings. The molecule has 1 aromatic heterocycles. The lowest BCUT2D eigenvalue weighted by molar-refractivity contribution is -0.384. The first-order valence-electron chi connectivity index (χ1n) is 9.32. The fraction of sp³-hybridized carbons (Fsp3) is 0.190. The largest absolute Gasteiger partial charge is 0.494 e. The zero-order valence-electron chi connectivity index (χ0n) is 17.3. The van der Waals surface area contributed by atoms with Crippen LogP contribution in [0.3, 0.4) is 0 Å². The number of nitro groups is 1. The number of aliphatic imine (C=N–C) groups is 1. The quantitative estimate of drug-likeness (QED) is 0.436. The smallest absolute Gasteiger partial charge is 0.283 e. The number of nitrogens with one attached hydrogen (secondary N) is 1. The van der Waals surface area contributed by atoms with E-state index in [-0.39, 0.29) is 17.1 Å². The van der Waals surface area contributed by atoms with E-state index in [0.29, 0.717) is 16.6 Å². The maximum absolute atomic E-state index is 12.6. The van der Waals surface area contributed by atoms with Gasteiger partial charge in [0.15, 0.2) is 5.17 Å². The van der Waals surface area contributed by atoms with Crippen LogP contribution in [0.25, 0.3) is 11.8 Å². The molecule has 0 saturated carbocycles. The maximum Gasteiger partial charge on any atom is 0.283 e. The van der Waals surface area contributed by atoms with Gasteiger partial charge in [-0.05, 0) is 50.0 Å². The number of rotatable bonds is 4. The summed E-state index contributed by atoms with van der Waals surface area (Å²) in [6.45, 7) is 5.64. The number of benzene rings is 1. The molecule has 0 saturated heterocycles. The number of allylic oxidation sites excluding steroid dienone is 1. The highest BCUT2D eigenvalue weighted by molar-refractivity contribution is 8.16. The fourth-order valence-electron chi connectivity index (χ4n) is 3.67. The molecule has 1 aromatic carbocycles. The molecule has 4 rings (SSSR count). The predicted molar refractivity (Wildman–Crippen MR) is 120 cm³/mol. The third-order valence-electron chi connectivity index (χ3n) is 5.17. The topological polar surface area (TPSA) is 114 Å². The van der Waals surface area contributed by atoms with Gasteiger partial charge in [0.25, 0.3) is 11.6 Å². The van der Waals surface area contributed by atoms with Crippen LogP contribution in [0.4, 0.5) is 5.69 Å². The molecule has 0 bridgehead atoms. The highest BCUT2D eigenvalue weighted by Gasteiger charge is 2.34. The van der Waals surface area contributed by atoms with Crippen molar-refractivity contribution < 1.29 is 14.5 Å². The summed E-state index contributed by atoms with van der Waals surface area (Å²) in [5.74, 6) is -0.00294. The highest BCUT2D eigenvalue weighted by Crippen LogP contribution is 2.34. The van der Waals surface area contributed by atoms with Crippen LogP contribution < -0.4 is 4.74 Å². The Morgan fingerprint density at radius 2 is 2.00 bits per heavy atom. The molecule has 9 nitrogen and oxygen atoms in total. The van der Waals surface area contributed by atoms with Crippen LogP contribution in [-0.2, 0) is 4.79 Å². The van der Waals surface area contributed by atoms with E-state index in [1.165, 1.54) is 31.0 Å². The van der Waals surface area contributed by atoms with Gasteiger partial charge >= 0.3 is 0 Å². The van der Waals surface area contributed by atoms with E-state index in [9.17, 15) is 14.9 Å². The standard InChI is InChI=1S/C21H19N5O4S/c1-11-7-14(8-16-19(22)25-12(2)10-31-21(25)23-20(16)27)13(3)24(11)17-6-5-15(26(28)29)9-18(17)30-4/h5-10,22H,1-4H3/b16-8-,22-19?. The van der Waals surface area contributed by atoms with Gasteiger partial charge in [-0.25, -0.2) is 0 Å². The number of hydrogen-bond acceptors (Lipinski definition) is 6. The van der Waals surface area contributed by atoms with Gasteiger partial charge in [0.1, 0.15) is 11.6 Å². The van der Waals surface area contributed by atoms with Crippen molar-refractivity contribution in [3.63, 3.8) is 0 Å². The summed E-state index contributed by atoms with van der Waals surface area (Å²) in [6, 6.07) is 6.33. The van der Waals surface area contributed by atoms with E-state index in [2.05, 4.69) is 4.99 Å². The van der Waals surface area contributed by atoms with Crippen molar-refractivity contribution in [1.82, 2.24) is 9.47 Å². The number of amidine groups is 2. The Morgan fingerprint density at radius 1 is 1.26 bits per heavy atom. The third-order valence-corrected chi connectivity index (χ3v) is 6.11. The van der Waals surface area contributed by atoms with Crippen molar-refractivity contribution in [2.24, 2.45) is 4.99 Å². The summed E-state index contributed by atoms with van der Waals surface area (Å²) in [5, 5.41) is 22.0. The SMILES string of the molecule is COc1cc([N+](=O)[O-])ccc1-n1c(C)cc(/C=C2/C(=N)N3C(C)=CSC3=NC2=O)c1C. The number of amides is 1. The average Bonchev–Trinajstić information content (AvgIpc) is 3.23. The number of non-ortho nitro benzene ring substituents is 1. The van der Waals surface area contributed by atoms with Crippen molar-refractivity contribution in [2.75, 3.05) is 7.11 Å². The van der Waals surface area contributed by atoms with Gasteiger partial charge in [0.2, 0.25) is 0 Å². The lowest BCUT2D eigenvalue weighted by Gasteiger charge is -2.25. The number of nitro benzene ring substituents is 1. The minimum atomic E-state index is -0.473. The molecule has 0 aliphatic carbocycles. The zero-order chi connectivity index (χ0) is 22.4. The van der Waals surface area contributed by atoms with Crippen LogP contribution in [0.2, 0.25) is 0 Å². The minimum Gasteiger partial charge on any atom is -0.494 e. The number of fused-ring (bicyclic) bond motifs is 1. The molecule has 0 radical (unpaired) electrons. The van der Waals surface area contributed by atoms with Crippen molar-refractivity contribution in [3.8, 4) is 11.4 Å². The number of carbonyl (C=O) groups excluding carboxylic acids is 1. The molecule has 1 N–H and O–H groups in total. The number of methoxy groups -OCH3 is 1. The molecule has 31 heavy (non-hydrogen) atoms. The molecule has 0 fully saturated rings. The number of nitrogens with zero attached hydrogens (tertiary/aromatic N) is 4. The molecule has 1 amide bonds. The number of hydrogen-bond donors (Lipinski definition) is 1. The first-order chi connectivity index (χ1) is 14.7. The molecular formula is C21H19N5O4S. The maximum atomic E-state index is 12.6. The molecule has 0 unspecified atom stereocenters. The second kappa shape index (κ2) is 7.55. The van der Waals surface area contributed by atoms with Crippen LogP contribution in [0.15, 0.2) is 45.9 Å². The fourth-order valence-corrected chi connectivity index (χ4v) is 4.52. The Labute approximate surface area is 182 Å². The Hall–Kier alpha value is -3.66. The molecule has 0 atom stereocenters. The zero-order valence-corrected chi connectivity index (χ0v) is 18.1. The van der Waals surface area contributed by atoms with Crippen LogP contribution in [0.1, 0.15) is 23.9 Å². The molecular weight excluding hydrogens is 418 g/mol. The predicted octanol–water partition coefficient (Wildman–Crippen LogP) is 4.18. The summed E-state index contributed by atoms with van der Waals surface area (Å²) in [5.41, 5.74) is 4.03. The van der Waals surface area contributed by atoms with Gasteiger partial charge in [0, 0.05) is 23.2 Å². The van der Waals surface area contributed by atoms with Crippen LogP contribution in [0.5, 0.6) is 5.75 Å². The number of ether oxygens (including phenoxy) is 1. The van der Waals surface area contributed by atoms with Gasteiger partial charge in [0.05, 0.1) is 29.4 Å². The Balaban J connectivity index is 1.80. The summed E-state index contributed by atoms with van der Waals surface area (Å²) in [4.78, 5) is 29.0. The number of aromatic nitrogens is 1. The molecule has 3 heterocycles. The van der Waals surface area contributed by atoms with Crippen molar-refractivity contribution in [1.29, 1.82) is 5.41 Å². The van der Waals surface area contributed by atoms with Gasteiger partial charge < -0.3 is 9.30 Å². The highest BCUT2D eigenvalue weighted by atomic mass is 32.2. The van der Waals surface area contributed by atoms with E-state index in [1.807, 2.05) is 36.8 Å². The molecule has 158 valence electrons. The third kappa shape index (κ3) is 3.34. The minimum absolute atomic E-state index is 0.0628. The normalized spacial score (nSPS) is 17.0. The van der Waals surface area contributed by atoms with Gasteiger partial charge in [-0.15, -0.1) is 0 Å². The Kier molecular flexibility index (Phi) is 5.02. The van der Waals surface area contributed by atoms with E-state index < -0.39 is 10.8 Å². The Bertz CT molecular complexity index is 1250. The van der Waals surface area contributed by atoms with E-state index in [1.54, 1.807) is 17.0 Å². The van der Waals surface area contributed by atoms with E-state index in [4.69, 9.17) is 10.1 Å². The van der Waals surface area contributed by atoms with Crippen molar-refractivity contribution >= 4 is 40.4 Å². The second-order valence-electron chi connectivity index (χ2n) is 7.09. The average molecular weight is 437 g/mol. The van der Waals surface area contributed by atoms with Crippen LogP contribution in [-0.4, -0.2) is 38.4 Å². The first-order valence-corrected chi connectivity index (χ1v) is 10.2. The summed E-state index contributed by atoms with van der Waals surface area (Å²) in [6.07, 6.45) is 1.66. The van der Waals surface area contributed by atoms with Crippen molar-refractivity contribution in [3.05, 3.63) is 68.0 Å². The van der Waals surface area contributed by atoms with Gasteiger partial charge in [-0.2, -0.15) is 4.99 Å². The summed E-state index contributed by atoms with van der Waals surface area (Å²) >= 11 is 1.32. The second-order valence-corrected chi connectivity index (χ2v) is 7.93. The molecule has 0 spiro atoms. The first kappa shape index (κ1) is 20.6. The summed E-state index contributed by atoms with van der Waals surface area (Å²) in [7, 11) is 1.46. The Morgan fingerprint density at radius 3 is 2.68 bits per heavy atom. The lowest BCUT2D eigenvalue weighted by Crippen LogP contribution is -2.37. The number of carbonyl (C=O) groups is 1. The van der Waals surface area contributed by atoms with Gasteiger partial charge in [-0.3, -0.25) is 25.2 Å². The van der Waals surface area contributed by atoms with Crippen LogP contribution in [0, 0.1) is 29.4 Å². The van der Waals surface area contributed by atoms with Crippen molar-refractivity contribution in [2.45, 2.75) is 20.8 Å². The lowest BCUT2D eigenvalue weighted by atomic mass is 10.1. The molecule has 10 heteroatoms. The van der Waals surface area contributed by atoms with Crippen LogP contribution >= 0.6 is 11.8 Å². The number of thioether (sulfide) groups is 1.